The number of nitrogens with one attached hydrogen (secondary N) is 1. The van der Waals surface area contributed by atoms with Crippen LogP contribution in [-0.4, -0.2) is 74.5 Å². The fourth-order valence-corrected chi connectivity index (χ4v) is 5.03. The van der Waals surface area contributed by atoms with E-state index in [4.69, 9.17) is 0 Å². The Labute approximate surface area is 191 Å². The smallest absolute Gasteiger partial charge is 0.242 e. The average Bonchev–Trinajstić information content (AvgIpc) is 3.19. The number of carbonyl (C=O) groups excluding carboxylic acids is 1. The van der Waals surface area contributed by atoms with E-state index in [1.165, 1.54) is 31.4 Å². The van der Waals surface area contributed by atoms with Crippen LogP contribution in [-0.2, 0) is 4.79 Å². The summed E-state index contributed by atoms with van der Waals surface area (Å²) in [5.41, 5.74) is 1.24. The highest BCUT2D eigenvalue weighted by molar-refractivity contribution is 14.0. The van der Waals surface area contributed by atoms with Crippen molar-refractivity contribution in [2.75, 3.05) is 57.8 Å². The van der Waals surface area contributed by atoms with Gasteiger partial charge in [-0.15, -0.1) is 24.0 Å². The lowest BCUT2D eigenvalue weighted by molar-refractivity contribution is -0.130. The molecule has 6 nitrogen and oxygen atoms in total. The highest BCUT2D eigenvalue weighted by Crippen LogP contribution is 2.35. The molecule has 0 aromatic heterocycles. The quantitative estimate of drug-likeness (QED) is 0.385. The van der Waals surface area contributed by atoms with Crippen molar-refractivity contribution in [1.29, 1.82) is 0 Å². The van der Waals surface area contributed by atoms with E-state index in [-0.39, 0.29) is 29.9 Å². The predicted octanol–water partition coefficient (Wildman–Crippen LogP) is 2.65. The molecule has 2 heterocycles. The second-order valence-electron chi connectivity index (χ2n) is 8.31. The lowest BCUT2D eigenvalue weighted by Crippen LogP contribution is -2.52. The minimum Gasteiger partial charge on any atom is -0.368 e. The van der Waals surface area contributed by atoms with E-state index in [1.54, 1.807) is 0 Å². The second kappa shape index (κ2) is 10.5. The first-order chi connectivity index (χ1) is 13.7. The number of nitrogens with zero attached hydrogens (tertiary/aromatic N) is 4. The molecule has 1 saturated carbocycles. The third kappa shape index (κ3) is 5.35. The molecule has 1 aromatic rings. The number of amides is 1. The van der Waals surface area contributed by atoms with Gasteiger partial charge in [-0.3, -0.25) is 9.79 Å². The van der Waals surface area contributed by atoms with Crippen LogP contribution in [0.15, 0.2) is 35.3 Å². The Hall–Kier alpha value is -1.51. The number of aliphatic imine (C=N–C) groups is 1. The second-order valence-corrected chi connectivity index (χ2v) is 8.31. The number of hydrogen-bond acceptors (Lipinski definition) is 3. The zero-order valence-electron chi connectivity index (χ0n) is 17.4. The van der Waals surface area contributed by atoms with E-state index >= 15 is 0 Å². The lowest BCUT2D eigenvalue weighted by atomic mass is 9.82. The molecule has 7 heteroatoms. The highest BCUT2D eigenvalue weighted by atomic mass is 127. The number of benzene rings is 1. The molecule has 29 heavy (non-hydrogen) atoms. The average molecular weight is 511 g/mol. The Morgan fingerprint density at radius 1 is 1.00 bits per heavy atom. The molecule has 2 unspecified atom stereocenters. The molecule has 1 amide bonds. The molecule has 1 aliphatic carbocycles. The maximum atomic E-state index is 12.7. The van der Waals surface area contributed by atoms with Crippen molar-refractivity contribution in [2.24, 2.45) is 16.8 Å². The van der Waals surface area contributed by atoms with Crippen LogP contribution in [0.4, 0.5) is 5.69 Å². The van der Waals surface area contributed by atoms with Gasteiger partial charge in [-0.1, -0.05) is 31.0 Å². The van der Waals surface area contributed by atoms with Crippen molar-refractivity contribution in [1.82, 2.24) is 15.1 Å². The largest absolute Gasteiger partial charge is 0.368 e. The fourth-order valence-electron chi connectivity index (χ4n) is 5.03. The monoisotopic (exact) mass is 511 g/mol. The van der Waals surface area contributed by atoms with Crippen LogP contribution in [0.25, 0.3) is 0 Å². The van der Waals surface area contributed by atoms with Gasteiger partial charge < -0.3 is 20.0 Å². The summed E-state index contributed by atoms with van der Waals surface area (Å²) < 4.78 is 0. The van der Waals surface area contributed by atoms with Crippen LogP contribution in [0.5, 0.6) is 0 Å². The molecule has 0 bridgehead atoms. The van der Waals surface area contributed by atoms with Crippen molar-refractivity contribution in [2.45, 2.75) is 25.7 Å². The van der Waals surface area contributed by atoms with Crippen molar-refractivity contribution in [3.63, 3.8) is 0 Å². The van der Waals surface area contributed by atoms with Gasteiger partial charge in [0.15, 0.2) is 5.96 Å². The van der Waals surface area contributed by atoms with E-state index in [9.17, 15) is 4.79 Å². The first-order valence-corrected chi connectivity index (χ1v) is 10.8. The van der Waals surface area contributed by atoms with Gasteiger partial charge in [0.25, 0.3) is 0 Å². The number of rotatable bonds is 3. The van der Waals surface area contributed by atoms with Crippen molar-refractivity contribution in [3.8, 4) is 0 Å². The fraction of sp³-hybridized carbons (Fsp3) is 0.636. The Kier molecular flexibility index (Phi) is 8.03. The molecule has 2 saturated heterocycles. The SMILES string of the molecule is CN=C(NCC(=O)N1CCN(c2ccccc2)CC1)N1CC2CCCCC2C1.I. The summed E-state index contributed by atoms with van der Waals surface area (Å²) in [6.07, 6.45) is 5.44. The van der Waals surface area contributed by atoms with Gasteiger partial charge >= 0.3 is 0 Å². The van der Waals surface area contributed by atoms with Crippen molar-refractivity contribution in [3.05, 3.63) is 30.3 Å². The number of hydrogen-bond donors (Lipinski definition) is 1. The molecule has 3 aliphatic rings. The minimum atomic E-state index is 0. The third-order valence-corrected chi connectivity index (χ3v) is 6.64. The van der Waals surface area contributed by atoms with Gasteiger partial charge in [0.05, 0.1) is 6.54 Å². The number of anilines is 1. The number of fused-ring (bicyclic) bond motifs is 1. The van der Waals surface area contributed by atoms with Crippen LogP contribution in [0.2, 0.25) is 0 Å². The summed E-state index contributed by atoms with van der Waals surface area (Å²) in [6, 6.07) is 10.4. The number of guanidine groups is 1. The third-order valence-electron chi connectivity index (χ3n) is 6.64. The van der Waals surface area contributed by atoms with Crippen LogP contribution in [0.1, 0.15) is 25.7 Å². The van der Waals surface area contributed by atoms with Crippen LogP contribution in [0.3, 0.4) is 0 Å². The van der Waals surface area contributed by atoms with Crippen LogP contribution in [0, 0.1) is 11.8 Å². The standard InChI is InChI=1S/C22H33N5O.HI/c1-23-22(27-16-18-7-5-6-8-19(18)17-27)24-15-21(28)26-13-11-25(12-14-26)20-9-3-2-4-10-20;/h2-4,9-10,18-19H,5-8,11-17H2,1H3,(H,23,24);1H. The molecule has 0 spiro atoms. The molecule has 4 rings (SSSR count). The van der Waals surface area contributed by atoms with E-state index in [0.717, 1.165) is 57.1 Å². The maximum absolute atomic E-state index is 12.7. The van der Waals surface area contributed by atoms with E-state index < -0.39 is 0 Å². The van der Waals surface area contributed by atoms with Gasteiger partial charge in [-0.05, 0) is 36.8 Å². The van der Waals surface area contributed by atoms with Crippen molar-refractivity contribution >= 4 is 41.5 Å². The zero-order chi connectivity index (χ0) is 19.3. The summed E-state index contributed by atoms with van der Waals surface area (Å²) >= 11 is 0. The normalized spacial score (nSPS) is 24.7. The molecule has 160 valence electrons. The van der Waals surface area contributed by atoms with E-state index in [0.29, 0.717) is 6.54 Å². The number of piperazine rings is 1. The summed E-state index contributed by atoms with van der Waals surface area (Å²) in [6.45, 7) is 5.86. The maximum Gasteiger partial charge on any atom is 0.242 e. The Morgan fingerprint density at radius 3 is 2.21 bits per heavy atom. The van der Waals surface area contributed by atoms with E-state index in [2.05, 4.69) is 44.4 Å². The minimum absolute atomic E-state index is 0. The molecule has 2 atom stereocenters. The lowest BCUT2D eigenvalue weighted by Gasteiger charge is -2.36. The topological polar surface area (TPSA) is 51.2 Å². The zero-order valence-corrected chi connectivity index (χ0v) is 19.8. The molecule has 1 N–H and O–H groups in total. The van der Waals surface area contributed by atoms with Crippen molar-refractivity contribution < 1.29 is 4.79 Å². The number of likely N-dealkylation sites (tertiary alicyclic amines) is 1. The van der Waals surface area contributed by atoms with Crippen LogP contribution < -0.4 is 10.2 Å². The molecule has 2 aliphatic heterocycles. The number of para-hydroxylation sites is 1. The molecule has 1 aromatic carbocycles. The Morgan fingerprint density at radius 2 is 1.62 bits per heavy atom. The summed E-state index contributed by atoms with van der Waals surface area (Å²) in [5, 5.41) is 3.33. The van der Waals surface area contributed by atoms with Gasteiger partial charge in [-0.25, -0.2) is 0 Å². The van der Waals surface area contributed by atoms with Gasteiger partial charge in [0.1, 0.15) is 0 Å². The predicted molar refractivity (Wildman–Crippen MR) is 129 cm³/mol. The summed E-state index contributed by atoms with van der Waals surface area (Å²) in [5.74, 6) is 2.69. The van der Waals surface area contributed by atoms with Gasteiger partial charge in [0.2, 0.25) is 5.91 Å². The summed E-state index contributed by atoms with van der Waals surface area (Å²) in [4.78, 5) is 23.8. The van der Waals surface area contributed by atoms with E-state index in [1.807, 2.05) is 18.0 Å². The van der Waals surface area contributed by atoms with Gasteiger partial charge in [-0.2, -0.15) is 0 Å². The molecule has 0 radical (unpaired) electrons. The van der Waals surface area contributed by atoms with Crippen LogP contribution >= 0.6 is 24.0 Å². The number of halogens is 1. The van der Waals surface area contributed by atoms with Gasteiger partial charge in [0, 0.05) is 52.0 Å². The molecular weight excluding hydrogens is 477 g/mol. The Balaban J connectivity index is 0.00000240. The Bertz CT molecular complexity index is 676. The first-order valence-electron chi connectivity index (χ1n) is 10.8. The number of carbonyl (C=O) groups is 1. The first kappa shape index (κ1) is 22.2. The molecule has 3 fully saturated rings. The highest BCUT2D eigenvalue weighted by Gasteiger charge is 2.35. The summed E-state index contributed by atoms with van der Waals surface area (Å²) in [7, 11) is 1.83. The molecular formula is C22H34IN5O.